The molecule has 6 heteroatoms. The number of rotatable bonds is 4. The van der Waals surface area contributed by atoms with Crippen LogP contribution in [0.1, 0.15) is 16.2 Å². The Morgan fingerprint density at radius 2 is 1.96 bits per heavy atom. The maximum atomic E-state index is 11.8. The van der Waals surface area contributed by atoms with Gasteiger partial charge in [-0.25, -0.2) is 5.43 Å². The molecule has 0 aliphatic carbocycles. The molecule has 0 atom stereocenters. The van der Waals surface area contributed by atoms with E-state index >= 15 is 0 Å². The number of carbonyl (C=O) groups is 1. The first kappa shape index (κ1) is 15.2. The molecular weight excluding hydrogens is 358 g/mol. The molecule has 0 unspecified atom stereocenters. The Kier molecular flexibility index (Phi) is 4.63. The van der Waals surface area contributed by atoms with E-state index < -0.39 is 0 Å². The van der Waals surface area contributed by atoms with Crippen LogP contribution >= 0.6 is 15.9 Å². The Hall–Kier alpha value is -2.73. The van der Waals surface area contributed by atoms with Gasteiger partial charge in [-0.3, -0.25) is 9.78 Å². The number of hydrogen-bond acceptors (Lipinski definition) is 4. The number of hydrogen-bond donors (Lipinski definition) is 1. The largest absolute Gasteiger partial charge is 0.455 e. The number of amides is 1. The van der Waals surface area contributed by atoms with E-state index in [1.165, 1.54) is 6.21 Å². The smallest absolute Gasteiger partial charge is 0.289 e. The van der Waals surface area contributed by atoms with Gasteiger partial charge in [-0.05, 0) is 30.3 Å². The molecule has 0 saturated carbocycles. The lowest BCUT2D eigenvalue weighted by Crippen LogP contribution is -2.18. The summed E-state index contributed by atoms with van der Waals surface area (Å²) in [4.78, 5) is 15.7. The summed E-state index contributed by atoms with van der Waals surface area (Å²) >= 11 is 3.48. The Balaban J connectivity index is 1.68. The van der Waals surface area contributed by atoms with Crippen molar-refractivity contribution in [3.05, 3.63) is 76.7 Å². The van der Waals surface area contributed by atoms with E-state index in [2.05, 4.69) is 31.4 Å². The molecule has 114 valence electrons. The molecule has 3 rings (SSSR count). The van der Waals surface area contributed by atoms with Crippen molar-refractivity contribution in [2.24, 2.45) is 5.10 Å². The summed E-state index contributed by atoms with van der Waals surface area (Å²) in [6.45, 7) is 0. The molecule has 1 amide bonds. The van der Waals surface area contributed by atoms with Crippen LogP contribution in [0, 0.1) is 0 Å². The summed E-state index contributed by atoms with van der Waals surface area (Å²) in [6.07, 6.45) is 3.00. The predicted octanol–water partition coefficient (Wildman–Crippen LogP) is 3.87. The molecule has 1 N–H and O–H groups in total. The molecular formula is C17H12BrN3O2. The quantitative estimate of drug-likeness (QED) is 0.560. The number of pyridine rings is 1. The lowest BCUT2D eigenvalue weighted by atomic mass is 10.2. The highest BCUT2D eigenvalue weighted by atomic mass is 79.9. The Labute approximate surface area is 141 Å². The van der Waals surface area contributed by atoms with E-state index in [0.29, 0.717) is 11.5 Å². The van der Waals surface area contributed by atoms with Gasteiger partial charge in [-0.1, -0.05) is 40.2 Å². The first-order valence-electron chi connectivity index (χ1n) is 6.83. The molecule has 0 radical (unpaired) electrons. The number of benzene rings is 1. The monoisotopic (exact) mass is 369 g/mol. The SMILES string of the molecule is O=C(N/N=C\c1ccc(-c2ccccc2Br)o1)c1ccccn1. The first-order chi connectivity index (χ1) is 11.2. The highest BCUT2D eigenvalue weighted by Crippen LogP contribution is 2.28. The van der Waals surface area contributed by atoms with Crippen LogP contribution in [0.25, 0.3) is 11.3 Å². The number of halogens is 1. The molecule has 0 fully saturated rings. The standard InChI is InChI=1S/C17H12BrN3O2/c18-14-6-2-1-5-13(14)16-9-8-12(23-16)11-20-21-17(22)15-7-3-4-10-19-15/h1-11H,(H,21,22)/b20-11-. The molecule has 0 spiro atoms. The van der Waals surface area contributed by atoms with Crippen LogP contribution in [-0.4, -0.2) is 17.1 Å². The van der Waals surface area contributed by atoms with Crippen molar-refractivity contribution in [1.82, 2.24) is 10.4 Å². The number of aromatic nitrogens is 1. The van der Waals surface area contributed by atoms with Gasteiger partial charge in [0, 0.05) is 16.2 Å². The van der Waals surface area contributed by atoms with E-state index in [1.54, 1.807) is 30.5 Å². The maximum Gasteiger partial charge on any atom is 0.289 e. The summed E-state index contributed by atoms with van der Waals surface area (Å²) in [5.74, 6) is 0.881. The minimum absolute atomic E-state index is 0.304. The highest BCUT2D eigenvalue weighted by Gasteiger charge is 2.07. The van der Waals surface area contributed by atoms with Gasteiger partial charge in [0.15, 0.2) is 0 Å². The molecule has 0 aliphatic rings. The van der Waals surface area contributed by atoms with Crippen LogP contribution in [0.2, 0.25) is 0 Å². The number of carbonyl (C=O) groups excluding carboxylic acids is 1. The second-order valence-electron chi connectivity index (χ2n) is 4.60. The summed E-state index contributed by atoms with van der Waals surface area (Å²) in [5.41, 5.74) is 3.66. The topological polar surface area (TPSA) is 67.5 Å². The number of nitrogens with one attached hydrogen (secondary N) is 1. The Bertz CT molecular complexity index is 844. The third kappa shape index (κ3) is 3.73. The fraction of sp³-hybridized carbons (Fsp3) is 0. The number of nitrogens with zero attached hydrogens (tertiary/aromatic N) is 2. The molecule has 2 aromatic heterocycles. The number of furan rings is 1. The summed E-state index contributed by atoms with van der Waals surface area (Å²) in [6, 6.07) is 16.5. The second-order valence-corrected chi connectivity index (χ2v) is 5.45. The van der Waals surface area contributed by atoms with Crippen LogP contribution in [0.4, 0.5) is 0 Å². The lowest BCUT2D eigenvalue weighted by Gasteiger charge is -1.99. The van der Waals surface area contributed by atoms with Gasteiger partial charge in [-0.2, -0.15) is 5.10 Å². The normalized spacial score (nSPS) is 10.8. The molecule has 5 nitrogen and oxygen atoms in total. The zero-order valence-electron chi connectivity index (χ0n) is 11.9. The van der Waals surface area contributed by atoms with Gasteiger partial charge in [0.25, 0.3) is 5.91 Å². The molecule has 0 saturated heterocycles. The van der Waals surface area contributed by atoms with Crippen molar-refractivity contribution >= 4 is 28.1 Å². The molecule has 23 heavy (non-hydrogen) atoms. The van der Waals surface area contributed by atoms with Gasteiger partial charge in [0.1, 0.15) is 17.2 Å². The van der Waals surface area contributed by atoms with Crippen molar-refractivity contribution in [2.45, 2.75) is 0 Å². The minimum atomic E-state index is -0.376. The third-order valence-corrected chi connectivity index (χ3v) is 3.71. The molecule has 3 aromatic rings. The zero-order chi connectivity index (χ0) is 16.1. The van der Waals surface area contributed by atoms with Crippen LogP contribution in [0.5, 0.6) is 0 Å². The maximum absolute atomic E-state index is 11.8. The molecule has 0 aliphatic heterocycles. The van der Waals surface area contributed by atoms with Gasteiger partial charge in [0.05, 0.1) is 6.21 Å². The number of hydrazone groups is 1. The average Bonchev–Trinajstić information content (AvgIpc) is 3.04. The molecule has 2 heterocycles. The van der Waals surface area contributed by atoms with Gasteiger partial charge in [0.2, 0.25) is 0 Å². The van der Waals surface area contributed by atoms with Crippen LogP contribution in [0.3, 0.4) is 0 Å². The predicted molar refractivity (Wildman–Crippen MR) is 91.1 cm³/mol. The van der Waals surface area contributed by atoms with Crippen molar-refractivity contribution in [3.8, 4) is 11.3 Å². The van der Waals surface area contributed by atoms with E-state index in [-0.39, 0.29) is 5.91 Å². The van der Waals surface area contributed by atoms with Crippen molar-refractivity contribution in [2.75, 3.05) is 0 Å². The fourth-order valence-corrected chi connectivity index (χ4v) is 2.42. The minimum Gasteiger partial charge on any atom is -0.455 e. The summed E-state index contributed by atoms with van der Waals surface area (Å²) < 4.78 is 6.64. The molecule has 0 bridgehead atoms. The van der Waals surface area contributed by atoms with E-state index in [1.807, 2.05) is 30.3 Å². The van der Waals surface area contributed by atoms with Gasteiger partial charge >= 0.3 is 0 Å². The van der Waals surface area contributed by atoms with E-state index in [9.17, 15) is 4.79 Å². The van der Waals surface area contributed by atoms with Gasteiger partial charge < -0.3 is 4.42 Å². The second kappa shape index (κ2) is 7.02. The zero-order valence-corrected chi connectivity index (χ0v) is 13.5. The Morgan fingerprint density at radius 3 is 2.74 bits per heavy atom. The van der Waals surface area contributed by atoms with Crippen molar-refractivity contribution in [1.29, 1.82) is 0 Å². The third-order valence-electron chi connectivity index (χ3n) is 3.02. The highest BCUT2D eigenvalue weighted by molar-refractivity contribution is 9.10. The van der Waals surface area contributed by atoms with E-state index in [4.69, 9.17) is 4.42 Å². The lowest BCUT2D eigenvalue weighted by molar-refractivity contribution is 0.0950. The average molecular weight is 370 g/mol. The fourth-order valence-electron chi connectivity index (χ4n) is 1.94. The van der Waals surface area contributed by atoms with Crippen molar-refractivity contribution < 1.29 is 9.21 Å². The van der Waals surface area contributed by atoms with Crippen LogP contribution in [-0.2, 0) is 0 Å². The van der Waals surface area contributed by atoms with Gasteiger partial charge in [-0.15, -0.1) is 0 Å². The van der Waals surface area contributed by atoms with Crippen LogP contribution in [0.15, 0.2) is 74.8 Å². The van der Waals surface area contributed by atoms with Crippen LogP contribution < -0.4 is 5.43 Å². The summed E-state index contributed by atoms with van der Waals surface area (Å²) in [5, 5.41) is 3.88. The summed E-state index contributed by atoms with van der Waals surface area (Å²) in [7, 11) is 0. The van der Waals surface area contributed by atoms with Crippen molar-refractivity contribution in [3.63, 3.8) is 0 Å². The Morgan fingerprint density at radius 1 is 1.13 bits per heavy atom. The molecule has 1 aromatic carbocycles. The first-order valence-corrected chi connectivity index (χ1v) is 7.62. The van der Waals surface area contributed by atoms with E-state index in [0.717, 1.165) is 15.8 Å².